The number of ether oxygens (including phenoxy) is 1. The van der Waals surface area contributed by atoms with Crippen LogP contribution in [-0.2, 0) is 11.8 Å². The topological polar surface area (TPSA) is 65.7 Å². The van der Waals surface area contributed by atoms with Crippen LogP contribution in [0.15, 0.2) is 36.7 Å². The second kappa shape index (κ2) is 8.47. The highest BCUT2D eigenvalue weighted by Gasteiger charge is 2.32. The van der Waals surface area contributed by atoms with Crippen molar-refractivity contribution in [3.05, 3.63) is 70.1 Å². The molecule has 0 aliphatic carbocycles. The molecule has 4 aromatic rings. The summed E-state index contributed by atoms with van der Waals surface area (Å²) < 4.78 is 23.0. The number of hydrogen-bond acceptors (Lipinski definition) is 5. The smallest absolute Gasteiger partial charge is 0.163 e. The molecule has 0 radical (unpaired) electrons. The fourth-order valence-corrected chi connectivity index (χ4v) is 4.67. The Morgan fingerprint density at radius 3 is 2.67 bits per heavy atom. The molecule has 8 heteroatoms. The van der Waals surface area contributed by atoms with E-state index in [2.05, 4.69) is 12.0 Å². The van der Waals surface area contributed by atoms with Crippen molar-refractivity contribution in [1.29, 1.82) is 0 Å². The van der Waals surface area contributed by atoms with E-state index in [1.807, 2.05) is 39.4 Å². The minimum Gasteiger partial charge on any atom is -0.370 e. The number of aryl methyl sites for hydroxylation is 3. The number of benzene rings is 1. The maximum atomic E-state index is 15.0. The first-order valence-corrected chi connectivity index (χ1v) is 11.4. The van der Waals surface area contributed by atoms with Crippen LogP contribution in [0.25, 0.3) is 22.3 Å². The number of fused-ring (bicyclic) bond motifs is 1. The van der Waals surface area contributed by atoms with Crippen LogP contribution in [0.4, 0.5) is 4.39 Å². The summed E-state index contributed by atoms with van der Waals surface area (Å²) in [5.74, 6) is 0.285. The molecule has 0 saturated carbocycles. The maximum absolute atomic E-state index is 15.0. The van der Waals surface area contributed by atoms with E-state index in [1.54, 1.807) is 16.8 Å². The highest BCUT2D eigenvalue weighted by molar-refractivity contribution is 6.30. The monoisotopic (exact) mass is 465 g/mol. The first kappa shape index (κ1) is 21.9. The van der Waals surface area contributed by atoms with Crippen molar-refractivity contribution in [1.82, 2.24) is 24.7 Å². The zero-order chi connectivity index (χ0) is 23.3. The Kier molecular flexibility index (Phi) is 5.62. The van der Waals surface area contributed by atoms with Crippen molar-refractivity contribution in [2.75, 3.05) is 0 Å². The zero-order valence-corrected chi connectivity index (χ0v) is 19.8. The molecule has 3 aromatic heterocycles. The van der Waals surface area contributed by atoms with Crippen LogP contribution < -0.4 is 0 Å². The van der Waals surface area contributed by atoms with E-state index in [4.69, 9.17) is 31.3 Å². The molecule has 1 aliphatic rings. The molecule has 5 rings (SSSR count). The molecule has 0 amide bonds. The maximum Gasteiger partial charge on any atom is 0.163 e. The Hall–Kier alpha value is -2.90. The van der Waals surface area contributed by atoms with Crippen molar-refractivity contribution in [2.24, 2.45) is 7.05 Å². The van der Waals surface area contributed by atoms with Gasteiger partial charge < -0.3 is 4.74 Å². The van der Waals surface area contributed by atoms with Gasteiger partial charge in [-0.15, -0.1) is 0 Å². The SMILES string of the molecule is Cc1cc2c(-c3ccc(Cl)cc3F)nc([C@@H]3C[C@H](C)O[C@@H](c4cnn(C)c4)C3)nc2nc1C. The van der Waals surface area contributed by atoms with Gasteiger partial charge >= 0.3 is 0 Å². The third kappa shape index (κ3) is 4.23. The fraction of sp³-hybridized carbons (Fsp3) is 0.360. The van der Waals surface area contributed by atoms with Crippen molar-refractivity contribution in [3.63, 3.8) is 0 Å². The highest BCUT2D eigenvalue weighted by atomic mass is 35.5. The normalized spacial score (nSPS) is 21.0. The summed E-state index contributed by atoms with van der Waals surface area (Å²) in [5, 5.41) is 5.36. The van der Waals surface area contributed by atoms with E-state index in [9.17, 15) is 4.39 Å². The van der Waals surface area contributed by atoms with Gasteiger partial charge in [0.25, 0.3) is 0 Å². The van der Waals surface area contributed by atoms with Crippen molar-refractivity contribution in [2.45, 2.75) is 51.7 Å². The Morgan fingerprint density at radius 2 is 1.94 bits per heavy atom. The predicted octanol–water partition coefficient (Wildman–Crippen LogP) is 5.86. The van der Waals surface area contributed by atoms with Gasteiger partial charge in [0.15, 0.2) is 5.65 Å². The van der Waals surface area contributed by atoms with E-state index in [0.29, 0.717) is 27.8 Å². The lowest BCUT2D eigenvalue weighted by molar-refractivity contribution is -0.0511. The Balaban J connectivity index is 1.64. The first-order chi connectivity index (χ1) is 15.8. The average molecular weight is 466 g/mol. The number of nitrogens with zero attached hydrogens (tertiary/aromatic N) is 5. The largest absolute Gasteiger partial charge is 0.370 e. The first-order valence-electron chi connectivity index (χ1n) is 11.0. The van der Waals surface area contributed by atoms with Crippen LogP contribution in [0.5, 0.6) is 0 Å². The minimum absolute atomic E-state index is 0.0247. The summed E-state index contributed by atoms with van der Waals surface area (Å²) in [5.41, 5.74) is 4.43. The molecule has 4 heterocycles. The fourth-order valence-electron chi connectivity index (χ4n) is 4.51. The second-order valence-electron chi connectivity index (χ2n) is 8.87. The summed E-state index contributed by atoms with van der Waals surface area (Å²) in [4.78, 5) is 14.5. The molecule has 1 fully saturated rings. The van der Waals surface area contributed by atoms with E-state index >= 15 is 0 Å². The third-order valence-electron chi connectivity index (χ3n) is 6.31. The van der Waals surface area contributed by atoms with Gasteiger partial charge in [-0.3, -0.25) is 4.68 Å². The van der Waals surface area contributed by atoms with Gasteiger partial charge in [-0.25, -0.2) is 19.3 Å². The van der Waals surface area contributed by atoms with Crippen LogP contribution >= 0.6 is 11.6 Å². The molecule has 1 saturated heterocycles. The van der Waals surface area contributed by atoms with E-state index < -0.39 is 5.82 Å². The lowest BCUT2D eigenvalue weighted by Gasteiger charge is -2.33. The molecule has 6 nitrogen and oxygen atoms in total. The van der Waals surface area contributed by atoms with Crippen molar-refractivity contribution in [3.8, 4) is 11.3 Å². The summed E-state index contributed by atoms with van der Waals surface area (Å²) in [7, 11) is 1.89. The van der Waals surface area contributed by atoms with Crippen LogP contribution in [0.1, 0.15) is 54.4 Å². The van der Waals surface area contributed by atoms with Crippen LogP contribution in [0.3, 0.4) is 0 Å². The quantitative estimate of drug-likeness (QED) is 0.379. The molecule has 0 spiro atoms. The lowest BCUT2D eigenvalue weighted by atomic mass is 9.89. The average Bonchev–Trinajstić information content (AvgIpc) is 3.20. The summed E-state index contributed by atoms with van der Waals surface area (Å²) in [6.45, 7) is 5.99. The molecule has 1 aromatic carbocycles. The van der Waals surface area contributed by atoms with Crippen molar-refractivity contribution < 1.29 is 9.13 Å². The molecular weight excluding hydrogens is 441 g/mol. The molecular formula is C25H25ClFN5O. The molecule has 0 unspecified atom stereocenters. The van der Waals surface area contributed by atoms with Gasteiger partial charge in [0.2, 0.25) is 0 Å². The van der Waals surface area contributed by atoms with Gasteiger partial charge in [0.05, 0.1) is 24.1 Å². The van der Waals surface area contributed by atoms with Crippen LogP contribution in [0, 0.1) is 19.7 Å². The molecule has 3 atom stereocenters. The van der Waals surface area contributed by atoms with Gasteiger partial charge in [-0.2, -0.15) is 5.10 Å². The number of halogens is 2. The number of pyridine rings is 1. The van der Waals surface area contributed by atoms with Gasteiger partial charge in [-0.05, 0) is 63.4 Å². The number of rotatable bonds is 3. The Bertz CT molecular complexity index is 1350. The highest BCUT2D eigenvalue weighted by Crippen LogP contribution is 2.40. The lowest BCUT2D eigenvalue weighted by Crippen LogP contribution is -2.26. The van der Waals surface area contributed by atoms with Crippen LogP contribution in [-0.4, -0.2) is 30.8 Å². The van der Waals surface area contributed by atoms with E-state index in [1.165, 1.54) is 6.07 Å². The standard InChI is InChI=1S/C25H25ClFN5O/c1-13-7-20-23(19-6-5-18(26)10-21(19)27)30-24(31-25(20)29-15(13)3)16-8-14(2)33-22(9-16)17-11-28-32(4)12-17/h5-7,10-12,14,16,22H,8-9H2,1-4H3/t14-,16+,22+/m0/s1. The van der Waals surface area contributed by atoms with Gasteiger partial charge in [0.1, 0.15) is 11.6 Å². The molecule has 33 heavy (non-hydrogen) atoms. The molecule has 0 bridgehead atoms. The zero-order valence-electron chi connectivity index (χ0n) is 19.0. The summed E-state index contributed by atoms with van der Waals surface area (Å²) >= 11 is 6.01. The second-order valence-corrected chi connectivity index (χ2v) is 9.30. The van der Waals surface area contributed by atoms with Crippen molar-refractivity contribution >= 4 is 22.6 Å². The minimum atomic E-state index is -0.416. The van der Waals surface area contributed by atoms with E-state index in [-0.39, 0.29) is 18.1 Å². The van der Waals surface area contributed by atoms with Gasteiger partial charge in [-0.1, -0.05) is 11.6 Å². The number of aromatic nitrogens is 5. The molecule has 0 N–H and O–H groups in total. The third-order valence-corrected chi connectivity index (χ3v) is 6.54. The Morgan fingerprint density at radius 1 is 1.12 bits per heavy atom. The molecule has 1 aliphatic heterocycles. The predicted molar refractivity (Wildman–Crippen MR) is 126 cm³/mol. The van der Waals surface area contributed by atoms with Gasteiger partial charge in [0, 0.05) is 46.4 Å². The number of hydrogen-bond donors (Lipinski definition) is 0. The summed E-state index contributed by atoms with van der Waals surface area (Å²) in [6, 6.07) is 6.64. The van der Waals surface area contributed by atoms with Crippen LogP contribution in [0.2, 0.25) is 5.02 Å². The molecule has 170 valence electrons. The van der Waals surface area contributed by atoms with E-state index in [0.717, 1.165) is 35.0 Å². The summed E-state index contributed by atoms with van der Waals surface area (Å²) in [6.07, 6.45) is 5.23. The Labute approximate surface area is 196 Å².